The van der Waals surface area contributed by atoms with E-state index in [1.165, 1.54) is 0 Å². The molecule has 0 aromatic heterocycles. The Labute approximate surface area is 161 Å². The van der Waals surface area contributed by atoms with Crippen LogP contribution in [0.3, 0.4) is 0 Å². The van der Waals surface area contributed by atoms with Gasteiger partial charge in [0.2, 0.25) is 0 Å². The van der Waals surface area contributed by atoms with E-state index < -0.39 is 6.10 Å². The molecule has 1 saturated heterocycles. The summed E-state index contributed by atoms with van der Waals surface area (Å²) in [5, 5.41) is 11.9. The van der Waals surface area contributed by atoms with Gasteiger partial charge >= 0.3 is 0 Å². The van der Waals surface area contributed by atoms with E-state index in [1.54, 1.807) is 30.3 Å². The molecule has 2 aromatic rings. The third-order valence-corrected chi connectivity index (χ3v) is 4.60. The van der Waals surface area contributed by atoms with Gasteiger partial charge in [0.05, 0.1) is 4.91 Å². The number of aliphatic hydroxyl groups excluding tert-OH is 1. The molecule has 2 amide bonds. The summed E-state index contributed by atoms with van der Waals surface area (Å²) in [6.07, 6.45) is 0.871. The van der Waals surface area contributed by atoms with Crippen molar-refractivity contribution in [3.8, 4) is 11.5 Å². The van der Waals surface area contributed by atoms with Gasteiger partial charge in [-0.2, -0.15) is 0 Å². The van der Waals surface area contributed by atoms with Crippen molar-refractivity contribution in [1.82, 2.24) is 5.32 Å². The summed E-state index contributed by atoms with van der Waals surface area (Å²) < 4.78 is 11.2. The number of thioether (sulfide) groups is 1. The molecule has 6 nitrogen and oxygen atoms in total. The first kappa shape index (κ1) is 19.0. The molecule has 1 heterocycles. The molecule has 2 N–H and O–H groups in total. The zero-order chi connectivity index (χ0) is 19.2. The van der Waals surface area contributed by atoms with Gasteiger partial charge < -0.3 is 14.6 Å². The van der Waals surface area contributed by atoms with Crippen LogP contribution in [0.4, 0.5) is 4.79 Å². The van der Waals surface area contributed by atoms with Gasteiger partial charge in [-0.1, -0.05) is 30.3 Å². The average molecular weight is 385 g/mol. The van der Waals surface area contributed by atoms with Gasteiger partial charge in [-0.15, -0.1) is 0 Å². The Bertz CT molecular complexity index is 863. The number of benzene rings is 2. The lowest BCUT2D eigenvalue weighted by atomic mass is 10.2. The Balaban J connectivity index is 1.48. The summed E-state index contributed by atoms with van der Waals surface area (Å²) in [5.74, 6) is 0.940. The predicted molar refractivity (Wildman–Crippen MR) is 104 cm³/mol. The number of carbonyl (C=O) groups excluding carboxylic acids is 2. The molecule has 0 radical (unpaired) electrons. The van der Waals surface area contributed by atoms with Crippen LogP contribution in [0.5, 0.6) is 11.5 Å². The summed E-state index contributed by atoms with van der Waals surface area (Å²) in [7, 11) is 0. The number of carbonyl (C=O) groups is 2. The van der Waals surface area contributed by atoms with Crippen molar-refractivity contribution in [2.45, 2.75) is 13.0 Å². The van der Waals surface area contributed by atoms with E-state index in [4.69, 9.17) is 9.47 Å². The predicted octanol–water partition coefficient (Wildman–Crippen LogP) is 3.14. The number of para-hydroxylation sites is 1. The number of hydrogen-bond donors (Lipinski definition) is 2. The first-order valence-electron chi connectivity index (χ1n) is 8.35. The topological polar surface area (TPSA) is 84.9 Å². The van der Waals surface area contributed by atoms with Gasteiger partial charge in [-0.05, 0) is 54.1 Å². The molecule has 27 heavy (non-hydrogen) atoms. The Morgan fingerprint density at radius 3 is 2.44 bits per heavy atom. The number of nitrogens with one attached hydrogen (secondary N) is 1. The second kappa shape index (κ2) is 8.75. The molecule has 0 saturated carbocycles. The smallest absolute Gasteiger partial charge is 0.290 e. The van der Waals surface area contributed by atoms with E-state index in [0.717, 1.165) is 28.6 Å². The van der Waals surface area contributed by atoms with Gasteiger partial charge in [0.15, 0.2) is 0 Å². The first-order valence-corrected chi connectivity index (χ1v) is 9.17. The second-order valence-electron chi connectivity index (χ2n) is 5.96. The Kier molecular flexibility index (Phi) is 6.16. The van der Waals surface area contributed by atoms with Crippen LogP contribution in [0.15, 0.2) is 53.4 Å². The summed E-state index contributed by atoms with van der Waals surface area (Å²) in [6, 6.07) is 14.6. The molecule has 0 spiro atoms. The van der Waals surface area contributed by atoms with E-state index in [9.17, 15) is 14.7 Å². The third kappa shape index (κ3) is 5.35. The van der Waals surface area contributed by atoms with Gasteiger partial charge in [0, 0.05) is 0 Å². The molecule has 0 aliphatic carbocycles. The Morgan fingerprint density at radius 2 is 1.78 bits per heavy atom. The molecule has 3 rings (SSSR count). The van der Waals surface area contributed by atoms with Crippen LogP contribution < -0.4 is 14.8 Å². The minimum Gasteiger partial charge on any atom is -0.491 e. The standard InChI is InChI=1S/C20H19NO5S/c1-13-4-2-3-5-17(13)26-12-15(22)11-25-16-8-6-14(7-9-16)10-18-19(23)21-20(24)27-18/h2-10,15,22H,11-12H2,1H3,(H,21,23,24)/b18-10-. The fourth-order valence-corrected chi connectivity index (χ4v) is 3.06. The van der Waals surface area contributed by atoms with Crippen LogP contribution in [-0.4, -0.2) is 35.6 Å². The van der Waals surface area contributed by atoms with Gasteiger partial charge in [0.1, 0.15) is 30.8 Å². The number of ether oxygens (including phenoxy) is 2. The minimum absolute atomic E-state index is 0.0963. The molecule has 1 fully saturated rings. The molecule has 1 aliphatic rings. The van der Waals surface area contributed by atoms with Crippen LogP contribution in [0, 0.1) is 6.92 Å². The SMILES string of the molecule is Cc1ccccc1OCC(O)COc1ccc(/C=C2\SC(=O)NC2=O)cc1. The molecule has 0 bridgehead atoms. The lowest BCUT2D eigenvalue weighted by molar-refractivity contribution is -0.115. The van der Waals surface area contributed by atoms with E-state index in [-0.39, 0.29) is 24.4 Å². The first-order chi connectivity index (χ1) is 13.0. The van der Waals surface area contributed by atoms with E-state index in [1.807, 2.05) is 31.2 Å². The van der Waals surface area contributed by atoms with Crippen LogP contribution in [0.2, 0.25) is 0 Å². The van der Waals surface area contributed by atoms with Gasteiger partial charge in [0.25, 0.3) is 11.1 Å². The summed E-state index contributed by atoms with van der Waals surface area (Å²) in [5.41, 5.74) is 1.78. The number of aliphatic hydroxyl groups is 1. The van der Waals surface area contributed by atoms with Crippen LogP contribution in [0.1, 0.15) is 11.1 Å². The van der Waals surface area contributed by atoms with Crippen molar-refractivity contribution in [1.29, 1.82) is 0 Å². The second-order valence-corrected chi connectivity index (χ2v) is 6.98. The lowest BCUT2D eigenvalue weighted by Gasteiger charge is -2.14. The number of hydrogen-bond acceptors (Lipinski definition) is 6. The van der Waals surface area contributed by atoms with Crippen molar-refractivity contribution < 1.29 is 24.2 Å². The van der Waals surface area contributed by atoms with Crippen LogP contribution >= 0.6 is 11.8 Å². The average Bonchev–Trinajstić information content (AvgIpc) is 2.97. The summed E-state index contributed by atoms with van der Waals surface area (Å²) in [6.45, 7) is 2.17. The highest BCUT2D eigenvalue weighted by Crippen LogP contribution is 2.26. The van der Waals surface area contributed by atoms with Crippen LogP contribution in [-0.2, 0) is 4.79 Å². The molecule has 1 atom stereocenters. The number of rotatable bonds is 7. The maximum absolute atomic E-state index is 11.5. The highest BCUT2D eigenvalue weighted by molar-refractivity contribution is 8.18. The molecule has 7 heteroatoms. The van der Waals surface area contributed by atoms with Crippen molar-refractivity contribution in [3.63, 3.8) is 0 Å². The number of amides is 2. The quantitative estimate of drug-likeness (QED) is 0.713. The van der Waals surface area contributed by atoms with Gasteiger partial charge in [-0.3, -0.25) is 14.9 Å². The fourth-order valence-electron chi connectivity index (χ4n) is 2.38. The van der Waals surface area contributed by atoms with Crippen molar-refractivity contribution in [2.75, 3.05) is 13.2 Å². The molecule has 1 aliphatic heterocycles. The molecular formula is C20H19NO5S. The van der Waals surface area contributed by atoms with E-state index in [0.29, 0.717) is 10.7 Å². The zero-order valence-corrected chi connectivity index (χ0v) is 15.5. The highest BCUT2D eigenvalue weighted by Gasteiger charge is 2.24. The fraction of sp³-hybridized carbons (Fsp3) is 0.200. The Hall–Kier alpha value is -2.77. The summed E-state index contributed by atoms with van der Waals surface area (Å²) in [4.78, 5) is 23.0. The number of imide groups is 1. The van der Waals surface area contributed by atoms with Crippen molar-refractivity contribution in [2.24, 2.45) is 0 Å². The third-order valence-electron chi connectivity index (χ3n) is 3.79. The summed E-state index contributed by atoms with van der Waals surface area (Å²) >= 11 is 0.875. The maximum atomic E-state index is 11.5. The maximum Gasteiger partial charge on any atom is 0.290 e. The Morgan fingerprint density at radius 1 is 1.07 bits per heavy atom. The molecule has 2 aromatic carbocycles. The normalized spacial score (nSPS) is 16.3. The highest BCUT2D eigenvalue weighted by atomic mass is 32.2. The lowest BCUT2D eigenvalue weighted by Crippen LogP contribution is -2.25. The molecule has 140 valence electrons. The number of aryl methyl sites for hydroxylation is 1. The minimum atomic E-state index is -0.768. The van der Waals surface area contributed by atoms with E-state index >= 15 is 0 Å². The molecule has 1 unspecified atom stereocenters. The van der Waals surface area contributed by atoms with Crippen LogP contribution in [0.25, 0.3) is 6.08 Å². The molecular weight excluding hydrogens is 366 g/mol. The van der Waals surface area contributed by atoms with Gasteiger partial charge in [-0.25, -0.2) is 0 Å². The van der Waals surface area contributed by atoms with E-state index in [2.05, 4.69) is 5.32 Å². The van der Waals surface area contributed by atoms with Crippen molar-refractivity contribution >= 4 is 29.0 Å². The zero-order valence-electron chi connectivity index (χ0n) is 14.7. The monoisotopic (exact) mass is 385 g/mol. The largest absolute Gasteiger partial charge is 0.491 e. The van der Waals surface area contributed by atoms with Crippen molar-refractivity contribution in [3.05, 3.63) is 64.6 Å².